The lowest BCUT2D eigenvalue weighted by Crippen LogP contribution is -2.43. The maximum Gasteiger partial charge on any atom is 0.240 e. The predicted molar refractivity (Wildman–Crippen MR) is 171 cm³/mol. The monoisotopic (exact) mass is 643 g/mol. The number of Topliss-reactive ketones (excluding diaryl/α,β-unsaturated/α-hetero) is 2. The number of benzene rings is 1. The molecular weight excluding hydrogens is 599 g/mol. The lowest BCUT2D eigenvalue weighted by molar-refractivity contribution is -0.128. The lowest BCUT2D eigenvalue weighted by atomic mass is 9.70. The van der Waals surface area contributed by atoms with Crippen LogP contribution in [0.3, 0.4) is 0 Å². The van der Waals surface area contributed by atoms with Gasteiger partial charge in [0, 0.05) is 36.7 Å². The van der Waals surface area contributed by atoms with Crippen molar-refractivity contribution in [3.05, 3.63) is 30.0 Å². The van der Waals surface area contributed by atoms with Crippen molar-refractivity contribution in [2.75, 3.05) is 36.4 Å². The average Bonchev–Trinajstić information content (AvgIpc) is 3.69. The van der Waals surface area contributed by atoms with Crippen LogP contribution in [0.5, 0.6) is 0 Å². The van der Waals surface area contributed by atoms with E-state index in [0.717, 1.165) is 37.9 Å². The Bertz CT molecular complexity index is 1810. The number of sulfonamides is 1. The fourth-order valence-electron chi connectivity index (χ4n) is 10.2. The molecular formula is C33H45N3O6S2. The van der Waals surface area contributed by atoms with Gasteiger partial charge in [-0.1, -0.05) is 27.7 Å². The first-order chi connectivity index (χ1) is 20.4. The number of rotatable bonds is 8. The second-order valence-corrected chi connectivity index (χ2v) is 19.4. The van der Waals surface area contributed by atoms with E-state index in [1.54, 1.807) is 24.4 Å². The van der Waals surface area contributed by atoms with Gasteiger partial charge in [0.05, 0.1) is 27.9 Å². The van der Waals surface area contributed by atoms with Crippen LogP contribution in [-0.4, -0.2) is 68.9 Å². The molecule has 0 spiro atoms. The third kappa shape index (κ3) is 4.10. The van der Waals surface area contributed by atoms with Crippen LogP contribution in [0.15, 0.2) is 24.4 Å². The molecule has 0 radical (unpaired) electrons. The maximum absolute atomic E-state index is 14.2. The van der Waals surface area contributed by atoms with E-state index in [1.165, 1.54) is 3.97 Å². The van der Waals surface area contributed by atoms with E-state index in [9.17, 15) is 26.4 Å². The largest absolute Gasteiger partial charge is 0.306 e. The second kappa shape index (κ2) is 9.41. The molecule has 9 nitrogen and oxygen atoms in total. The van der Waals surface area contributed by atoms with Crippen molar-refractivity contribution in [1.82, 2.24) is 8.87 Å². The van der Waals surface area contributed by atoms with Crippen molar-refractivity contribution < 1.29 is 26.4 Å². The van der Waals surface area contributed by atoms with Crippen LogP contribution < -0.4 is 4.72 Å². The zero-order valence-electron chi connectivity index (χ0n) is 26.5. The summed E-state index contributed by atoms with van der Waals surface area (Å²) in [5.41, 5.74) is -0.789. The SMILES string of the molecule is CN1CCC(c2cn(S(=O)(=O)CC34CCC(CC3=O)C4(C)C)c3ccc(NS(=O)(=O)CC45CCC(CC4=O)C5(C)C)cc23)C1. The summed E-state index contributed by atoms with van der Waals surface area (Å²) in [6, 6.07) is 5.04. The molecule has 1 aromatic carbocycles. The average molecular weight is 644 g/mol. The van der Waals surface area contributed by atoms with Crippen LogP contribution in [0, 0.1) is 33.5 Å². The fourth-order valence-corrected chi connectivity index (χ4v) is 14.2. The van der Waals surface area contributed by atoms with Gasteiger partial charge < -0.3 is 4.90 Å². The first kappa shape index (κ1) is 30.4. The normalized spacial score (nSPS) is 34.5. The molecule has 0 amide bonds. The van der Waals surface area contributed by atoms with Gasteiger partial charge in [-0.05, 0) is 98.0 Å². The Labute approximate surface area is 261 Å². The molecule has 1 saturated heterocycles. The van der Waals surface area contributed by atoms with Crippen molar-refractivity contribution in [2.45, 2.75) is 78.6 Å². The highest BCUT2D eigenvalue weighted by atomic mass is 32.2. The first-order valence-electron chi connectivity index (χ1n) is 16.1. The lowest BCUT2D eigenvalue weighted by Gasteiger charge is -2.36. The summed E-state index contributed by atoms with van der Waals surface area (Å²) in [6.45, 7) is 9.79. The van der Waals surface area contributed by atoms with Crippen molar-refractivity contribution in [2.24, 2.45) is 33.5 Å². The Morgan fingerprint density at radius 3 is 1.95 bits per heavy atom. The minimum Gasteiger partial charge on any atom is -0.306 e. The van der Waals surface area contributed by atoms with Crippen LogP contribution in [0.2, 0.25) is 0 Å². The van der Waals surface area contributed by atoms with Gasteiger partial charge in [0.25, 0.3) is 0 Å². The van der Waals surface area contributed by atoms with Gasteiger partial charge in [0.2, 0.25) is 20.0 Å². The minimum atomic E-state index is -3.92. The summed E-state index contributed by atoms with van der Waals surface area (Å²) in [5.74, 6) is 0.161. The van der Waals surface area contributed by atoms with E-state index in [1.807, 2.05) is 34.7 Å². The number of carbonyl (C=O) groups excluding carboxylic acids is 2. The van der Waals surface area contributed by atoms with Gasteiger partial charge in [-0.25, -0.2) is 20.8 Å². The number of likely N-dealkylation sites (N-methyl/N-ethyl adjacent to an activating group) is 1. The number of aromatic nitrogens is 1. The number of nitrogens with one attached hydrogen (secondary N) is 1. The highest BCUT2D eigenvalue weighted by Gasteiger charge is 2.66. The summed E-state index contributed by atoms with van der Waals surface area (Å²) in [4.78, 5) is 28.5. The Kier molecular flexibility index (Phi) is 6.50. The Morgan fingerprint density at radius 2 is 1.45 bits per heavy atom. The molecule has 5 aliphatic rings. The van der Waals surface area contributed by atoms with Crippen molar-refractivity contribution >= 4 is 48.2 Å². The number of hydrogen-bond donors (Lipinski definition) is 1. The zero-order chi connectivity index (χ0) is 31.7. The predicted octanol–water partition coefficient (Wildman–Crippen LogP) is 4.77. The smallest absolute Gasteiger partial charge is 0.240 e. The van der Waals surface area contributed by atoms with E-state index in [4.69, 9.17) is 0 Å². The molecule has 7 rings (SSSR count). The van der Waals surface area contributed by atoms with Crippen LogP contribution in [-0.2, 0) is 29.6 Å². The summed E-state index contributed by atoms with van der Waals surface area (Å²) in [7, 11) is -5.76. The molecule has 240 valence electrons. The Hall–Kier alpha value is -2.24. The highest BCUT2D eigenvalue weighted by molar-refractivity contribution is 7.92. The minimum absolute atomic E-state index is 0.0477. The van der Waals surface area contributed by atoms with E-state index >= 15 is 0 Å². The Balaban J connectivity index is 1.25. The number of ketones is 2. The molecule has 11 heteroatoms. The summed E-state index contributed by atoms with van der Waals surface area (Å²) in [6.07, 6.45) is 6.39. The Morgan fingerprint density at radius 1 is 0.864 bits per heavy atom. The molecule has 4 aliphatic carbocycles. The number of anilines is 1. The third-order valence-corrected chi connectivity index (χ3v) is 16.5. The second-order valence-electron chi connectivity index (χ2n) is 15.8. The van der Waals surface area contributed by atoms with Gasteiger partial charge in [0.1, 0.15) is 11.6 Å². The third-order valence-electron chi connectivity index (χ3n) is 13.3. The molecule has 4 bridgehead atoms. The molecule has 1 aromatic heterocycles. The number of carbonyl (C=O) groups is 2. The van der Waals surface area contributed by atoms with Crippen LogP contribution in [0.4, 0.5) is 5.69 Å². The van der Waals surface area contributed by atoms with Gasteiger partial charge in [-0.2, -0.15) is 0 Å². The van der Waals surface area contributed by atoms with E-state index in [-0.39, 0.29) is 51.7 Å². The molecule has 44 heavy (non-hydrogen) atoms. The highest BCUT2D eigenvalue weighted by Crippen LogP contribution is 2.65. The van der Waals surface area contributed by atoms with Crippen molar-refractivity contribution in [3.63, 3.8) is 0 Å². The number of likely N-dealkylation sites (tertiary alicyclic amines) is 1. The molecule has 2 heterocycles. The van der Waals surface area contributed by atoms with Crippen LogP contribution in [0.1, 0.15) is 84.1 Å². The summed E-state index contributed by atoms with van der Waals surface area (Å²) >= 11 is 0. The number of hydrogen-bond acceptors (Lipinski definition) is 7. The van der Waals surface area contributed by atoms with Gasteiger partial charge in [0.15, 0.2) is 0 Å². The molecule has 1 aliphatic heterocycles. The number of fused-ring (bicyclic) bond motifs is 5. The molecule has 5 unspecified atom stereocenters. The van der Waals surface area contributed by atoms with Crippen molar-refractivity contribution in [3.8, 4) is 0 Å². The molecule has 4 saturated carbocycles. The fraction of sp³-hybridized carbons (Fsp3) is 0.697. The summed E-state index contributed by atoms with van der Waals surface area (Å²) < 4.78 is 59.8. The first-order valence-corrected chi connectivity index (χ1v) is 19.3. The molecule has 1 N–H and O–H groups in total. The quantitative estimate of drug-likeness (QED) is 0.440. The van der Waals surface area contributed by atoms with Crippen molar-refractivity contribution in [1.29, 1.82) is 0 Å². The number of nitrogens with zero attached hydrogens (tertiary/aromatic N) is 2. The van der Waals surface area contributed by atoms with Gasteiger partial charge >= 0.3 is 0 Å². The van der Waals surface area contributed by atoms with Crippen LogP contribution in [0.25, 0.3) is 10.9 Å². The molecule has 2 aromatic rings. The van der Waals surface area contributed by atoms with E-state index in [0.29, 0.717) is 42.3 Å². The maximum atomic E-state index is 14.2. The molecule has 5 atom stereocenters. The zero-order valence-corrected chi connectivity index (χ0v) is 28.1. The summed E-state index contributed by atoms with van der Waals surface area (Å²) in [5, 5.41) is 0.698. The van der Waals surface area contributed by atoms with Gasteiger partial charge in [-0.15, -0.1) is 0 Å². The van der Waals surface area contributed by atoms with E-state index in [2.05, 4.69) is 9.62 Å². The topological polar surface area (TPSA) is 123 Å². The standard InChI is InChI=1S/C33H45N3O6S2/c1-30(2)22-8-11-32(30,28(37)14-22)19-43(39,40)34-24-6-7-27-25(16-24)26(21-10-13-35(5)17-21)18-36(27)44(41,42)20-33-12-9-23(15-29(33)38)31(33,3)4/h6-7,16,18,21-23,34H,8-15,17,19-20H2,1-5H3. The van der Waals surface area contributed by atoms with E-state index < -0.39 is 30.9 Å². The van der Waals surface area contributed by atoms with Crippen LogP contribution >= 0.6 is 0 Å². The molecule has 5 fully saturated rings. The van der Waals surface area contributed by atoms with Gasteiger partial charge in [-0.3, -0.25) is 14.3 Å².